The molecule has 7 nitrogen and oxygen atoms in total. The first-order valence-corrected chi connectivity index (χ1v) is 9.51. The number of benzene rings is 1. The third-order valence-corrected chi connectivity index (χ3v) is 5.23. The molecule has 0 fully saturated rings. The molecule has 0 radical (unpaired) electrons. The number of amides is 1. The maximum absolute atomic E-state index is 12.5. The van der Waals surface area contributed by atoms with E-state index in [1.165, 1.54) is 23.3 Å². The molecule has 1 atom stereocenters. The number of nitrogens with zero attached hydrogens (tertiary/aromatic N) is 3. The van der Waals surface area contributed by atoms with E-state index in [0.717, 1.165) is 22.0 Å². The minimum atomic E-state index is -0.668. The van der Waals surface area contributed by atoms with Crippen LogP contribution in [-0.2, 0) is 14.3 Å². The number of thiazole rings is 1. The van der Waals surface area contributed by atoms with Crippen molar-refractivity contribution in [1.29, 1.82) is 0 Å². The molecule has 142 valence electrons. The zero-order valence-electron chi connectivity index (χ0n) is 15.3. The molecule has 28 heavy (non-hydrogen) atoms. The summed E-state index contributed by atoms with van der Waals surface area (Å²) in [7, 11) is 1.29. The Bertz CT molecular complexity index is 1030. The smallest absolute Gasteiger partial charge is 0.325 e. The molecule has 0 saturated heterocycles. The van der Waals surface area contributed by atoms with E-state index in [4.69, 9.17) is 9.47 Å². The Labute approximate surface area is 165 Å². The number of hydrogen-bond donors (Lipinski definition) is 0. The molecular weight excluding hydrogens is 378 g/mol. The van der Waals surface area contributed by atoms with Crippen molar-refractivity contribution in [1.82, 2.24) is 9.97 Å². The zero-order chi connectivity index (χ0) is 19.7. The average Bonchev–Trinajstić information content (AvgIpc) is 3.22. The number of hydrogen-bond acceptors (Lipinski definition) is 7. The highest BCUT2D eigenvalue weighted by Crippen LogP contribution is 2.38. The molecular formula is C20H17N3O4S. The van der Waals surface area contributed by atoms with Crippen LogP contribution in [0.2, 0.25) is 0 Å². The standard InChI is InChI=1S/C20H17N3O4S/c1-12-20(25)23(10-18(24)26-2)16-9-13(6-7-17(16)27-12)15-11-28-19(22-15)14-5-3-4-8-21-14/h3-9,11-12H,10H2,1-2H3. The first kappa shape index (κ1) is 18.1. The Balaban J connectivity index is 1.71. The van der Waals surface area contributed by atoms with Gasteiger partial charge in [-0.15, -0.1) is 11.3 Å². The van der Waals surface area contributed by atoms with E-state index in [-0.39, 0.29) is 12.5 Å². The Morgan fingerprint density at radius 3 is 2.89 bits per heavy atom. The number of pyridine rings is 1. The number of aromatic nitrogens is 2. The molecule has 1 aliphatic rings. The molecule has 1 amide bonds. The zero-order valence-corrected chi connectivity index (χ0v) is 16.1. The minimum absolute atomic E-state index is 0.171. The Morgan fingerprint density at radius 1 is 1.29 bits per heavy atom. The summed E-state index contributed by atoms with van der Waals surface area (Å²) in [6.45, 7) is 1.48. The molecule has 0 aliphatic carbocycles. The van der Waals surface area contributed by atoms with Crippen LogP contribution in [0.1, 0.15) is 6.92 Å². The van der Waals surface area contributed by atoms with Gasteiger partial charge in [0.15, 0.2) is 6.10 Å². The van der Waals surface area contributed by atoms with Gasteiger partial charge in [-0.05, 0) is 37.3 Å². The van der Waals surface area contributed by atoms with Gasteiger partial charge in [0, 0.05) is 17.1 Å². The molecule has 8 heteroatoms. The monoisotopic (exact) mass is 395 g/mol. The Morgan fingerprint density at radius 2 is 2.14 bits per heavy atom. The van der Waals surface area contributed by atoms with Crippen LogP contribution in [-0.4, -0.2) is 41.6 Å². The van der Waals surface area contributed by atoms with Crippen molar-refractivity contribution in [2.45, 2.75) is 13.0 Å². The van der Waals surface area contributed by atoms with E-state index in [2.05, 4.69) is 9.97 Å². The van der Waals surface area contributed by atoms with Crippen LogP contribution in [0.25, 0.3) is 22.0 Å². The molecule has 1 aromatic carbocycles. The number of anilines is 1. The van der Waals surface area contributed by atoms with Gasteiger partial charge in [-0.2, -0.15) is 0 Å². The van der Waals surface area contributed by atoms with E-state index < -0.39 is 12.1 Å². The summed E-state index contributed by atoms with van der Waals surface area (Å²) in [6, 6.07) is 11.2. The maximum Gasteiger partial charge on any atom is 0.325 e. The summed E-state index contributed by atoms with van der Waals surface area (Å²) in [5.41, 5.74) is 2.91. The lowest BCUT2D eigenvalue weighted by molar-refractivity contribution is -0.140. The van der Waals surface area contributed by atoms with E-state index in [1.54, 1.807) is 25.3 Å². The fraction of sp³-hybridized carbons (Fsp3) is 0.200. The number of esters is 1. The second kappa shape index (κ2) is 7.40. The number of fused-ring (bicyclic) bond motifs is 1. The van der Waals surface area contributed by atoms with Gasteiger partial charge >= 0.3 is 5.97 Å². The SMILES string of the molecule is COC(=O)CN1C(=O)C(C)Oc2ccc(-c3csc(-c4ccccn4)n3)cc21. The van der Waals surface area contributed by atoms with Crippen LogP contribution < -0.4 is 9.64 Å². The van der Waals surface area contributed by atoms with Crippen LogP contribution in [0.5, 0.6) is 5.75 Å². The molecule has 0 N–H and O–H groups in total. The first-order chi connectivity index (χ1) is 13.6. The van der Waals surface area contributed by atoms with Crippen LogP contribution in [0.3, 0.4) is 0 Å². The number of carbonyl (C=O) groups excluding carboxylic acids is 2. The topological polar surface area (TPSA) is 81.6 Å². The fourth-order valence-electron chi connectivity index (χ4n) is 2.94. The van der Waals surface area contributed by atoms with Crippen molar-refractivity contribution in [2.75, 3.05) is 18.6 Å². The van der Waals surface area contributed by atoms with Crippen LogP contribution in [0.15, 0.2) is 48.0 Å². The van der Waals surface area contributed by atoms with E-state index >= 15 is 0 Å². The number of carbonyl (C=O) groups is 2. The largest absolute Gasteiger partial charge is 0.479 e. The first-order valence-electron chi connectivity index (χ1n) is 8.63. The van der Waals surface area contributed by atoms with Crippen molar-refractivity contribution in [3.8, 4) is 27.7 Å². The lowest BCUT2D eigenvalue weighted by atomic mass is 10.1. The molecule has 0 bridgehead atoms. The number of ether oxygens (including phenoxy) is 2. The summed E-state index contributed by atoms with van der Waals surface area (Å²) in [5.74, 6) is -0.243. The molecule has 4 rings (SSSR count). The van der Waals surface area contributed by atoms with Crippen molar-refractivity contribution < 1.29 is 19.1 Å². The van der Waals surface area contributed by atoms with Gasteiger partial charge in [0.2, 0.25) is 0 Å². The van der Waals surface area contributed by atoms with Gasteiger partial charge < -0.3 is 9.47 Å². The molecule has 3 aromatic rings. The van der Waals surface area contributed by atoms with E-state index in [1.807, 2.05) is 29.6 Å². The molecule has 0 spiro atoms. The summed E-state index contributed by atoms with van der Waals surface area (Å²) in [6.07, 6.45) is 1.06. The summed E-state index contributed by atoms with van der Waals surface area (Å²) in [4.78, 5) is 34.7. The van der Waals surface area contributed by atoms with Gasteiger partial charge in [0.05, 0.1) is 24.2 Å². The lowest BCUT2D eigenvalue weighted by Crippen LogP contribution is -2.46. The summed E-state index contributed by atoms with van der Waals surface area (Å²) >= 11 is 1.49. The highest BCUT2D eigenvalue weighted by atomic mass is 32.1. The lowest BCUT2D eigenvalue weighted by Gasteiger charge is -2.32. The van der Waals surface area contributed by atoms with Crippen molar-refractivity contribution in [3.63, 3.8) is 0 Å². The average molecular weight is 395 g/mol. The predicted molar refractivity (Wildman–Crippen MR) is 105 cm³/mol. The molecule has 1 aliphatic heterocycles. The molecule has 1 unspecified atom stereocenters. The third-order valence-electron chi connectivity index (χ3n) is 4.37. The van der Waals surface area contributed by atoms with Crippen LogP contribution in [0, 0.1) is 0 Å². The fourth-order valence-corrected chi connectivity index (χ4v) is 3.74. The van der Waals surface area contributed by atoms with Crippen molar-refractivity contribution in [3.05, 3.63) is 48.0 Å². The molecule has 3 heterocycles. The second-order valence-corrected chi connectivity index (χ2v) is 7.05. The molecule has 0 saturated carbocycles. The van der Waals surface area contributed by atoms with E-state index in [0.29, 0.717) is 11.4 Å². The highest BCUT2D eigenvalue weighted by Gasteiger charge is 2.33. The normalized spacial score (nSPS) is 15.7. The van der Waals surface area contributed by atoms with Gasteiger partial charge in [0.25, 0.3) is 5.91 Å². The summed E-state index contributed by atoms with van der Waals surface area (Å²) < 4.78 is 10.4. The Kier molecular flexibility index (Phi) is 4.79. The second-order valence-electron chi connectivity index (χ2n) is 6.20. The van der Waals surface area contributed by atoms with Crippen molar-refractivity contribution >= 4 is 28.9 Å². The van der Waals surface area contributed by atoms with Gasteiger partial charge in [-0.1, -0.05) is 6.07 Å². The van der Waals surface area contributed by atoms with Gasteiger partial charge in [0.1, 0.15) is 17.3 Å². The Hall–Kier alpha value is -3.26. The third kappa shape index (κ3) is 3.34. The van der Waals surface area contributed by atoms with Gasteiger partial charge in [-0.3, -0.25) is 19.5 Å². The minimum Gasteiger partial charge on any atom is -0.479 e. The van der Waals surface area contributed by atoms with E-state index in [9.17, 15) is 9.59 Å². The highest BCUT2D eigenvalue weighted by molar-refractivity contribution is 7.13. The van der Waals surface area contributed by atoms with Crippen molar-refractivity contribution in [2.24, 2.45) is 0 Å². The number of rotatable bonds is 4. The maximum atomic E-state index is 12.5. The predicted octanol–water partition coefficient (Wildman–Crippen LogP) is 3.16. The van der Waals surface area contributed by atoms with Crippen LogP contribution in [0.4, 0.5) is 5.69 Å². The van der Waals surface area contributed by atoms with Gasteiger partial charge in [-0.25, -0.2) is 4.98 Å². The van der Waals surface area contributed by atoms with Crippen LogP contribution >= 0.6 is 11.3 Å². The quantitative estimate of drug-likeness (QED) is 0.631. The molecule has 2 aromatic heterocycles. The summed E-state index contributed by atoms with van der Waals surface area (Å²) in [5, 5.41) is 2.74. The number of methoxy groups -OCH3 is 1.